The van der Waals surface area contributed by atoms with Crippen molar-refractivity contribution < 1.29 is 9.53 Å². The quantitative estimate of drug-likeness (QED) is 0.716. The van der Waals surface area contributed by atoms with Gasteiger partial charge in [0.25, 0.3) is 0 Å². The summed E-state index contributed by atoms with van der Waals surface area (Å²) >= 11 is 0. The van der Waals surface area contributed by atoms with Gasteiger partial charge < -0.3 is 10.1 Å². The van der Waals surface area contributed by atoms with Crippen molar-refractivity contribution in [2.75, 3.05) is 0 Å². The Morgan fingerprint density at radius 3 is 2.92 bits per heavy atom. The summed E-state index contributed by atoms with van der Waals surface area (Å²) in [7, 11) is 0. The number of aryl methyl sites for hydroxylation is 2. The molecule has 0 unspecified atom stereocenters. The summed E-state index contributed by atoms with van der Waals surface area (Å²) in [6, 6.07) is 11.4. The number of para-hydroxylation sites is 1. The van der Waals surface area contributed by atoms with E-state index in [2.05, 4.69) is 20.4 Å². The molecule has 25 heavy (non-hydrogen) atoms. The molecular weight excluding hydrogens is 318 g/mol. The molecule has 0 saturated carbocycles. The number of nitrogens with zero attached hydrogens (tertiary/aromatic N) is 4. The second-order valence-electron chi connectivity index (χ2n) is 5.52. The smallest absolute Gasteiger partial charge is 0.224 e. The van der Waals surface area contributed by atoms with Crippen molar-refractivity contribution in [3.63, 3.8) is 0 Å². The average molecular weight is 337 g/mol. The number of ether oxygens (including phenoxy) is 1. The predicted octanol–water partition coefficient (Wildman–Crippen LogP) is 2.48. The first-order valence-corrected chi connectivity index (χ1v) is 7.99. The fraction of sp³-hybridized carbons (Fsp3) is 0.222. The Labute approximate surface area is 145 Å². The first-order chi connectivity index (χ1) is 12.2. The molecule has 1 amide bonds. The van der Waals surface area contributed by atoms with Crippen LogP contribution in [0.25, 0.3) is 0 Å². The molecule has 0 saturated heterocycles. The van der Waals surface area contributed by atoms with E-state index in [9.17, 15) is 4.79 Å². The van der Waals surface area contributed by atoms with Crippen LogP contribution in [-0.4, -0.2) is 25.7 Å². The van der Waals surface area contributed by atoms with Crippen LogP contribution >= 0.6 is 0 Å². The summed E-state index contributed by atoms with van der Waals surface area (Å²) in [5.74, 6) is 1.18. The minimum absolute atomic E-state index is 0.0683. The van der Waals surface area contributed by atoms with Gasteiger partial charge in [-0.15, -0.1) is 0 Å². The van der Waals surface area contributed by atoms with Crippen LogP contribution < -0.4 is 10.1 Å². The van der Waals surface area contributed by atoms with Crippen molar-refractivity contribution in [2.45, 2.75) is 26.4 Å². The highest BCUT2D eigenvalue weighted by molar-refractivity contribution is 5.75. The molecule has 3 aromatic rings. The number of benzene rings is 1. The van der Waals surface area contributed by atoms with Crippen LogP contribution in [0.3, 0.4) is 0 Å². The predicted molar refractivity (Wildman–Crippen MR) is 92.0 cm³/mol. The highest BCUT2D eigenvalue weighted by Crippen LogP contribution is 2.25. The van der Waals surface area contributed by atoms with Crippen molar-refractivity contribution in [1.82, 2.24) is 25.1 Å². The Morgan fingerprint density at radius 1 is 1.24 bits per heavy atom. The molecule has 128 valence electrons. The van der Waals surface area contributed by atoms with Gasteiger partial charge in [-0.05, 0) is 24.6 Å². The number of hydrogen-bond donors (Lipinski definition) is 1. The second kappa shape index (κ2) is 8.05. The maximum absolute atomic E-state index is 12.0. The van der Waals surface area contributed by atoms with Crippen LogP contribution in [0.5, 0.6) is 11.6 Å². The summed E-state index contributed by atoms with van der Waals surface area (Å²) < 4.78 is 7.53. The van der Waals surface area contributed by atoms with Crippen LogP contribution in [0.2, 0.25) is 0 Å². The Balaban J connectivity index is 1.59. The van der Waals surface area contributed by atoms with Crippen molar-refractivity contribution in [1.29, 1.82) is 0 Å². The third-order valence-electron chi connectivity index (χ3n) is 3.66. The SMILES string of the molecule is Cc1ccccc1Oc1ncccc1CNC(=O)CCn1cncn1. The van der Waals surface area contributed by atoms with Gasteiger partial charge in [0.1, 0.15) is 18.4 Å². The van der Waals surface area contributed by atoms with E-state index in [1.54, 1.807) is 17.2 Å². The van der Waals surface area contributed by atoms with E-state index in [-0.39, 0.29) is 5.91 Å². The number of amides is 1. The molecular formula is C18H19N5O2. The number of carbonyl (C=O) groups excluding carboxylic acids is 1. The van der Waals surface area contributed by atoms with Gasteiger partial charge in [-0.25, -0.2) is 9.97 Å². The molecule has 2 aromatic heterocycles. The van der Waals surface area contributed by atoms with Gasteiger partial charge in [-0.3, -0.25) is 9.48 Å². The summed E-state index contributed by atoms with van der Waals surface area (Å²) in [4.78, 5) is 20.1. The van der Waals surface area contributed by atoms with Gasteiger partial charge in [0, 0.05) is 24.7 Å². The molecule has 0 aliphatic rings. The number of rotatable bonds is 7. The lowest BCUT2D eigenvalue weighted by Gasteiger charge is -2.12. The van der Waals surface area contributed by atoms with Gasteiger partial charge in [-0.2, -0.15) is 5.10 Å². The van der Waals surface area contributed by atoms with Crippen molar-refractivity contribution in [3.8, 4) is 11.6 Å². The molecule has 0 bridgehead atoms. The zero-order valence-corrected chi connectivity index (χ0v) is 13.9. The highest BCUT2D eigenvalue weighted by atomic mass is 16.5. The van der Waals surface area contributed by atoms with Gasteiger partial charge in [0.05, 0.1) is 6.54 Å². The average Bonchev–Trinajstić information content (AvgIpc) is 3.15. The first-order valence-electron chi connectivity index (χ1n) is 7.99. The molecule has 0 fully saturated rings. The molecule has 0 aliphatic heterocycles. The summed E-state index contributed by atoms with van der Waals surface area (Å²) in [5, 5.41) is 6.85. The summed E-state index contributed by atoms with van der Waals surface area (Å²) in [6.45, 7) is 2.82. The maximum Gasteiger partial charge on any atom is 0.224 e. The lowest BCUT2D eigenvalue weighted by molar-refractivity contribution is -0.121. The fourth-order valence-corrected chi connectivity index (χ4v) is 2.27. The van der Waals surface area contributed by atoms with E-state index < -0.39 is 0 Å². The van der Waals surface area contributed by atoms with Crippen molar-refractivity contribution in [2.24, 2.45) is 0 Å². The Morgan fingerprint density at radius 2 is 2.12 bits per heavy atom. The van der Waals surface area contributed by atoms with Crippen LogP contribution in [0.4, 0.5) is 0 Å². The third kappa shape index (κ3) is 4.63. The van der Waals surface area contributed by atoms with E-state index in [1.165, 1.54) is 6.33 Å². The highest BCUT2D eigenvalue weighted by Gasteiger charge is 2.09. The Kier molecular flexibility index (Phi) is 5.36. The Hall–Kier alpha value is -3.22. The second-order valence-corrected chi connectivity index (χ2v) is 5.52. The van der Waals surface area contributed by atoms with Crippen molar-refractivity contribution in [3.05, 3.63) is 66.4 Å². The van der Waals surface area contributed by atoms with Crippen molar-refractivity contribution >= 4 is 5.91 Å². The molecule has 0 aliphatic carbocycles. The van der Waals surface area contributed by atoms with E-state index in [0.717, 1.165) is 16.9 Å². The van der Waals surface area contributed by atoms with Crippen LogP contribution in [-0.2, 0) is 17.9 Å². The lowest BCUT2D eigenvalue weighted by Crippen LogP contribution is -2.24. The van der Waals surface area contributed by atoms with Gasteiger partial charge >= 0.3 is 0 Å². The number of aromatic nitrogens is 4. The minimum atomic E-state index is -0.0683. The normalized spacial score (nSPS) is 10.4. The van der Waals surface area contributed by atoms with Crippen LogP contribution in [0, 0.1) is 6.92 Å². The van der Waals surface area contributed by atoms with Crippen LogP contribution in [0.1, 0.15) is 17.5 Å². The molecule has 2 heterocycles. The van der Waals surface area contributed by atoms with Crippen LogP contribution in [0.15, 0.2) is 55.2 Å². The molecule has 1 N–H and O–H groups in total. The largest absolute Gasteiger partial charge is 0.438 e. The molecule has 7 heteroatoms. The van der Waals surface area contributed by atoms with Gasteiger partial charge in [0.15, 0.2) is 0 Å². The zero-order valence-electron chi connectivity index (χ0n) is 13.9. The van der Waals surface area contributed by atoms with E-state index >= 15 is 0 Å². The topological polar surface area (TPSA) is 81.9 Å². The van der Waals surface area contributed by atoms with E-state index in [1.807, 2.05) is 43.3 Å². The van der Waals surface area contributed by atoms with Gasteiger partial charge in [0.2, 0.25) is 11.8 Å². The summed E-state index contributed by atoms with van der Waals surface area (Å²) in [5.41, 5.74) is 1.84. The number of pyridine rings is 1. The number of hydrogen-bond acceptors (Lipinski definition) is 5. The molecule has 0 spiro atoms. The third-order valence-corrected chi connectivity index (χ3v) is 3.66. The first kappa shape index (κ1) is 16.6. The molecule has 0 atom stereocenters. The van der Waals surface area contributed by atoms with E-state index in [0.29, 0.717) is 25.4 Å². The monoisotopic (exact) mass is 337 g/mol. The molecule has 3 rings (SSSR count). The maximum atomic E-state index is 12.0. The molecule has 1 aromatic carbocycles. The van der Waals surface area contributed by atoms with Gasteiger partial charge in [-0.1, -0.05) is 24.3 Å². The molecule has 7 nitrogen and oxygen atoms in total. The van der Waals surface area contributed by atoms with E-state index in [4.69, 9.17) is 4.74 Å². The summed E-state index contributed by atoms with van der Waals surface area (Å²) in [6.07, 6.45) is 5.03. The minimum Gasteiger partial charge on any atom is -0.438 e. The number of carbonyl (C=O) groups is 1. The fourth-order valence-electron chi connectivity index (χ4n) is 2.27. The lowest BCUT2D eigenvalue weighted by atomic mass is 10.2. The molecule has 0 radical (unpaired) electrons. The number of nitrogens with one attached hydrogen (secondary N) is 1. The Bertz CT molecular complexity index is 833. The standard InChI is InChI=1S/C18H19N5O2/c1-14-5-2-3-7-16(14)25-18-15(6-4-9-20-18)11-21-17(24)8-10-23-13-19-12-22-23/h2-7,9,12-13H,8,10-11H2,1H3,(H,21,24). The zero-order chi connectivity index (χ0) is 17.5.